The molecule has 160 valence electrons. The maximum atomic E-state index is 12.2. The molecule has 0 radical (unpaired) electrons. The van der Waals surface area contributed by atoms with Gasteiger partial charge in [0.25, 0.3) is 0 Å². The molecule has 27 heavy (non-hydrogen) atoms. The standard InChI is InChI=1S/C18H39N3O5Si/c1-13(2)20(17(22)26-18(9,10)11)21(23)19-24-12-25-27(14(3)4,15(5)6)16(7)8/h13-16H,12H2,1-11H3/b21-19-. The Kier molecular flexibility index (Phi) is 9.75. The second kappa shape index (κ2) is 10.3. The molecule has 9 heteroatoms. The summed E-state index contributed by atoms with van der Waals surface area (Å²) in [5.74, 6) is 0. The second-order valence-corrected chi connectivity index (χ2v) is 14.4. The van der Waals surface area contributed by atoms with Gasteiger partial charge in [0.1, 0.15) is 5.60 Å². The number of hydrogen-bond acceptors (Lipinski definition) is 6. The molecule has 0 spiro atoms. The summed E-state index contributed by atoms with van der Waals surface area (Å²) in [7, 11) is -2.11. The van der Waals surface area contributed by atoms with Gasteiger partial charge in [0.15, 0.2) is 0 Å². The lowest BCUT2D eigenvalue weighted by molar-refractivity contribution is -0.700. The van der Waals surface area contributed by atoms with Crippen LogP contribution in [0.25, 0.3) is 0 Å². The first-order valence-electron chi connectivity index (χ1n) is 9.63. The van der Waals surface area contributed by atoms with Crippen molar-refractivity contribution in [3.63, 3.8) is 0 Å². The van der Waals surface area contributed by atoms with Crippen LogP contribution in [0, 0.1) is 5.21 Å². The third kappa shape index (κ3) is 7.29. The molecule has 0 bridgehead atoms. The van der Waals surface area contributed by atoms with E-state index in [9.17, 15) is 10.0 Å². The molecule has 0 heterocycles. The fourth-order valence-electron chi connectivity index (χ4n) is 3.53. The van der Waals surface area contributed by atoms with Crippen molar-refractivity contribution in [2.75, 3.05) is 6.79 Å². The Balaban J connectivity index is 5.13. The Morgan fingerprint density at radius 3 is 1.81 bits per heavy atom. The van der Waals surface area contributed by atoms with Gasteiger partial charge in [-0.15, -0.1) is 0 Å². The van der Waals surface area contributed by atoms with Gasteiger partial charge in [-0.05, 0) is 56.3 Å². The van der Waals surface area contributed by atoms with Crippen molar-refractivity contribution in [1.82, 2.24) is 5.01 Å². The van der Waals surface area contributed by atoms with Gasteiger partial charge in [-0.25, -0.2) is 4.79 Å². The van der Waals surface area contributed by atoms with Crippen LogP contribution in [0.2, 0.25) is 16.6 Å². The maximum Gasteiger partial charge on any atom is 0.467 e. The number of ether oxygens (including phenoxy) is 1. The predicted molar refractivity (Wildman–Crippen MR) is 107 cm³/mol. The minimum Gasteiger partial charge on any atom is -0.568 e. The van der Waals surface area contributed by atoms with E-state index in [1.54, 1.807) is 34.6 Å². The van der Waals surface area contributed by atoms with Crippen LogP contribution in [-0.2, 0) is 14.0 Å². The number of carbonyl (C=O) groups excluding carboxylic acids is 1. The van der Waals surface area contributed by atoms with Gasteiger partial charge >= 0.3 is 6.09 Å². The predicted octanol–water partition coefficient (Wildman–Crippen LogP) is 5.59. The number of nitrogens with zero attached hydrogens (tertiary/aromatic N) is 3. The highest BCUT2D eigenvalue weighted by Crippen LogP contribution is 2.42. The summed E-state index contributed by atoms with van der Waals surface area (Å²) in [6.07, 6.45) is -0.781. The molecule has 8 nitrogen and oxygen atoms in total. The summed E-state index contributed by atoms with van der Waals surface area (Å²) >= 11 is 0. The fraction of sp³-hybridized carbons (Fsp3) is 0.944. The molecule has 0 unspecified atom stereocenters. The molecule has 0 rings (SSSR count). The molecule has 0 aliphatic carbocycles. The minimum atomic E-state index is -2.11. The number of amides is 1. The third-order valence-electron chi connectivity index (χ3n) is 4.45. The van der Waals surface area contributed by atoms with Gasteiger partial charge in [0.2, 0.25) is 20.4 Å². The van der Waals surface area contributed by atoms with Crippen LogP contribution in [0.4, 0.5) is 4.79 Å². The van der Waals surface area contributed by atoms with Gasteiger partial charge in [-0.2, -0.15) is 0 Å². The number of carbonyl (C=O) groups is 1. The van der Waals surface area contributed by atoms with Gasteiger partial charge in [0.05, 0.1) is 11.0 Å². The Bertz CT molecular complexity index is 480. The minimum absolute atomic E-state index is 0.117. The highest BCUT2D eigenvalue weighted by Gasteiger charge is 2.45. The Hall–Kier alpha value is -1.35. The average molecular weight is 406 g/mol. The zero-order chi connectivity index (χ0) is 21.6. The van der Waals surface area contributed by atoms with Crippen LogP contribution < -0.4 is 0 Å². The van der Waals surface area contributed by atoms with Crippen molar-refractivity contribution >= 4 is 14.4 Å². The fourth-order valence-corrected chi connectivity index (χ4v) is 8.78. The van der Waals surface area contributed by atoms with Crippen molar-refractivity contribution in [3.05, 3.63) is 5.21 Å². The number of hydrogen-bond donors (Lipinski definition) is 0. The van der Waals surface area contributed by atoms with E-state index >= 15 is 0 Å². The van der Waals surface area contributed by atoms with Crippen LogP contribution in [0.5, 0.6) is 0 Å². The van der Waals surface area contributed by atoms with Gasteiger partial charge in [-0.1, -0.05) is 41.5 Å². The van der Waals surface area contributed by atoms with E-state index in [-0.39, 0.29) is 11.8 Å². The van der Waals surface area contributed by atoms with Crippen molar-refractivity contribution in [2.45, 2.75) is 104 Å². The summed E-state index contributed by atoms with van der Waals surface area (Å²) in [5, 5.41) is 16.6. The van der Waals surface area contributed by atoms with Gasteiger partial charge in [0, 0.05) is 0 Å². The van der Waals surface area contributed by atoms with Gasteiger partial charge in [-0.3, -0.25) is 0 Å². The first-order chi connectivity index (χ1) is 12.2. The lowest BCUT2D eigenvalue weighted by atomic mass is 10.2. The van der Waals surface area contributed by atoms with Crippen molar-refractivity contribution in [3.8, 4) is 0 Å². The molecular weight excluding hydrogens is 366 g/mol. The molecule has 0 N–H and O–H groups in total. The highest BCUT2D eigenvalue weighted by atomic mass is 28.4. The van der Waals surface area contributed by atoms with Crippen LogP contribution in [0.15, 0.2) is 5.28 Å². The van der Waals surface area contributed by atoms with Gasteiger partial charge < -0.3 is 19.2 Å². The molecule has 0 saturated carbocycles. The molecular formula is C18H39N3O5Si. The summed E-state index contributed by atoms with van der Waals surface area (Å²) < 4.78 is 11.4. The van der Waals surface area contributed by atoms with Crippen LogP contribution in [0.1, 0.15) is 76.2 Å². The number of rotatable bonds is 9. The summed E-state index contributed by atoms with van der Waals surface area (Å²) in [5.41, 5.74) is 0.446. The van der Waals surface area contributed by atoms with Crippen molar-refractivity contribution in [2.24, 2.45) is 5.28 Å². The van der Waals surface area contributed by atoms with Crippen LogP contribution in [-0.4, -0.2) is 42.8 Å². The highest BCUT2D eigenvalue weighted by molar-refractivity contribution is 6.77. The first-order valence-corrected chi connectivity index (χ1v) is 11.8. The third-order valence-corrected chi connectivity index (χ3v) is 10.5. The molecule has 0 aliphatic heterocycles. The van der Waals surface area contributed by atoms with Crippen molar-refractivity contribution in [1.29, 1.82) is 0 Å². The number of hydrazine groups is 1. The molecule has 0 aromatic heterocycles. The quantitative estimate of drug-likeness (QED) is 0.125. The Labute approximate surface area is 165 Å². The van der Waals surface area contributed by atoms with Crippen LogP contribution >= 0.6 is 0 Å². The molecule has 0 saturated heterocycles. The molecule has 0 aromatic rings. The Morgan fingerprint density at radius 1 is 1.04 bits per heavy atom. The van der Waals surface area contributed by atoms with E-state index in [1.807, 2.05) is 0 Å². The largest absolute Gasteiger partial charge is 0.568 e. The topological polar surface area (TPSA) is 86.4 Å². The first kappa shape index (κ1) is 25.6. The maximum absolute atomic E-state index is 12.2. The zero-order valence-corrected chi connectivity index (χ0v) is 19.9. The summed E-state index contributed by atoms with van der Waals surface area (Å²) in [6.45, 7) is 21.4. The van der Waals surface area contributed by atoms with E-state index in [0.717, 1.165) is 5.01 Å². The molecule has 1 amide bonds. The molecule has 0 aromatic carbocycles. The normalized spacial score (nSPS) is 13.7. The lowest BCUT2D eigenvalue weighted by Gasteiger charge is -2.41. The summed E-state index contributed by atoms with van der Waals surface area (Å²) in [4.78, 5) is 17.5. The van der Waals surface area contributed by atoms with E-state index < -0.39 is 26.1 Å². The van der Waals surface area contributed by atoms with Crippen molar-refractivity contribution < 1.29 is 23.8 Å². The monoisotopic (exact) mass is 405 g/mol. The molecule has 0 atom stereocenters. The molecule has 0 aliphatic rings. The van der Waals surface area contributed by atoms with E-state index in [1.165, 1.54) is 0 Å². The molecule has 0 fully saturated rings. The smallest absolute Gasteiger partial charge is 0.467 e. The summed E-state index contributed by atoms with van der Waals surface area (Å²) in [6, 6.07) is -0.443. The average Bonchev–Trinajstić information content (AvgIpc) is 2.43. The Morgan fingerprint density at radius 2 is 1.48 bits per heavy atom. The van der Waals surface area contributed by atoms with Crippen LogP contribution in [0.3, 0.4) is 0 Å². The van der Waals surface area contributed by atoms with E-state index in [2.05, 4.69) is 46.8 Å². The second-order valence-electron chi connectivity index (χ2n) is 8.96. The van der Waals surface area contributed by atoms with E-state index in [0.29, 0.717) is 16.6 Å². The zero-order valence-electron chi connectivity index (χ0n) is 18.9. The lowest BCUT2D eigenvalue weighted by Crippen LogP contribution is -2.48. The van der Waals surface area contributed by atoms with E-state index in [4.69, 9.17) is 14.0 Å². The SMILES string of the molecule is CC(C)N(C(=O)OC(C)(C)C)/[N+]([O-])=N/OCO[Si](C(C)C)(C(C)C)C(C)C.